The van der Waals surface area contributed by atoms with E-state index in [0.717, 1.165) is 0 Å². The maximum absolute atomic E-state index is 10.6. The van der Waals surface area contributed by atoms with Crippen LogP contribution in [0.1, 0.15) is 22.3 Å². The van der Waals surface area contributed by atoms with Gasteiger partial charge < -0.3 is 48.1 Å². The average Bonchev–Trinajstić information content (AvgIpc) is 2.97. The van der Waals surface area contributed by atoms with E-state index in [4.69, 9.17) is 27.7 Å². The quantitative estimate of drug-likeness (QED) is 0.0756. The van der Waals surface area contributed by atoms with Gasteiger partial charge in [-0.3, -0.25) is 0 Å². The SMILES string of the molecule is NC(N)C(=Cc1ccccc1O)C(=Cc1ccccc1O)OC(=Cc1ccccc1O)C(=Cc1ccccc1O)C(N)N. The number of hydrogen-bond acceptors (Lipinski definition) is 9. The highest BCUT2D eigenvalue weighted by Gasteiger charge is 2.21. The van der Waals surface area contributed by atoms with Gasteiger partial charge in [-0.05, 0) is 48.6 Å². The van der Waals surface area contributed by atoms with E-state index in [1.165, 1.54) is 36.4 Å². The summed E-state index contributed by atoms with van der Waals surface area (Å²) < 4.78 is 6.52. The molecule has 220 valence electrons. The van der Waals surface area contributed by atoms with Crippen molar-refractivity contribution < 1.29 is 25.2 Å². The molecule has 0 bridgehead atoms. The molecule has 0 saturated heterocycles. The summed E-state index contributed by atoms with van der Waals surface area (Å²) in [5, 5.41) is 42.2. The standard InChI is InChI=1S/C34H34N4O5/c35-33(36)25(17-21-9-1-5-13-27(21)39)31(19-23-11-3-7-15-29(23)41)43-32(20-24-12-4-8-16-30(24)42)26(34(37)38)18-22-10-2-6-14-28(22)40/h1-20,33-34,39-42H,35-38H2. The average molecular weight is 579 g/mol. The minimum Gasteiger partial charge on any atom is -0.507 e. The van der Waals surface area contributed by atoms with Crippen molar-refractivity contribution in [3.05, 3.63) is 142 Å². The Morgan fingerprint density at radius 3 is 0.953 bits per heavy atom. The van der Waals surface area contributed by atoms with Crippen molar-refractivity contribution >= 4 is 24.3 Å². The van der Waals surface area contributed by atoms with E-state index in [1.807, 2.05) is 0 Å². The number of nitrogens with two attached hydrogens (primary N) is 4. The van der Waals surface area contributed by atoms with Crippen molar-refractivity contribution in [1.82, 2.24) is 0 Å². The van der Waals surface area contributed by atoms with Crippen LogP contribution in [0.4, 0.5) is 0 Å². The van der Waals surface area contributed by atoms with Gasteiger partial charge in [0.25, 0.3) is 0 Å². The van der Waals surface area contributed by atoms with Crippen LogP contribution in [0.3, 0.4) is 0 Å². The second kappa shape index (κ2) is 14.0. The molecule has 0 aliphatic rings. The third-order valence-electron chi connectivity index (χ3n) is 6.45. The number of rotatable bonds is 10. The fourth-order valence-corrected chi connectivity index (χ4v) is 4.18. The number of hydrogen-bond donors (Lipinski definition) is 8. The normalized spacial score (nSPS) is 13.1. The monoisotopic (exact) mass is 578 g/mol. The zero-order chi connectivity index (χ0) is 30.9. The van der Waals surface area contributed by atoms with Crippen LogP contribution in [-0.4, -0.2) is 32.8 Å². The summed E-state index contributed by atoms with van der Waals surface area (Å²) in [5.74, 6) is 0.0643. The minimum atomic E-state index is -1.11. The van der Waals surface area contributed by atoms with E-state index in [-0.39, 0.29) is 45.7 Å². The Labute approximate surface area is 249 Å². The Balaban J connectivity index is 1.99. The van der Waals surface area contributed by atoms with Gasteiger partial charge in [-0.2, -0.15) is 0 Å². The third kappa shape index (κ3) is 7.91. The molecule has 0 aromatic heterocycles. The van der Waals surface area contributed by atoms with Crippen molar-refractivity contribution in [2.24, 2.45) is 22.9 Å². The second-order valence-corrected chi connectivity index (χ2v) is 9.61. The smallest absolute Gasteiger partial charge is 0.134 e. The summed E-state index contributed by atoms with van der Waals surface area (Å²) in [6.45, 7) is 0. The lowest BCUT2D eigenvalue weighted by atomic mass is 10.0. The van der Waals surface area contributed by atoms with E-state index >= 15 is 0 Å². The zero-order valence-electron chi connectivity index (χ0n) is 23.2. The first-order chi connectivity index (χ1) is 20.6. The zero-order valence-corrected chi connectivity index (χ0v) is 23.2. The minimum absolute atomic E-state index is 0.0170. The van der Waals surface area contributed by atoms with E-state index < -0.39 is 12.3 Å². The number of phenolic OH excluding ortho intramolecular Hbond substituents is 4. The lowest BCUT2D eigenvalue weighted by Crippen LogP contribution is -2.35. The highest BCUT2D eigenvalue weighted by atomic mass is 16.5. The molecule has 0 unspecified atom stereocenters. The summed E-state index contributed by atoms with van der Waals surface area (Å²) in [4.78, 5) is 0. The van der Waals surface area contributed by atoms with Crippen LogP contribution in [0.15, 0.2) is 120 Å². The lowest BCUT2D eigenvalue weighted by Gasteiger charge is -2.23. The number of para-hydroxylation sites is 4. The van der Waals surface area contributed by atoms with Gasteiger partial charge >= 0.3 is 0 Å². The van der Waals surface area contributed by atoms with E-state index in [2.05, 4.69) is 0 Å². The van der Waals surface area contributed by atoms with Gasteiger partial charge in [0.1, 0.15) is 34.5 Å². The number of benzene rings is 4. The van der Waals surface area contributed by atoms with Crippen LogP contribution in [-0.2, 0) is 4.74 Å². The van der Waals surface area contributed by atoms with Crippen molar-refractivity contribution in [1.29, 1.82) is 0 Å². The topological polar surface area (TPSA) is 194 Å². The fraction of sp³-hybridized carbons (Fsp3) is 0.0588. The number of ether oxygens (including phenoxy) is 1. The molecule has 0 atom stereocenters. The molecule has 12 N–H and O–H groups in total. The van der Waals surface area contributed by atoms with Gasteiger partial charge in [0.2, 0.25) is 0 Å². The molecule has 4 rings (SSSR count). The van der Waals surface area contributed by atoms with Crippen LogP contribution < -0.4 is 22.9 Å². The van der Waals surface area contributed by atoms with Crippen LogP contribution in [0.5, 0.6) is 23.0 Å². The molecule has 9 nitrogen and oxygen atoms in total. The maximum atomic E-state index is 10.6. The first-order valence-electron chi connectivity index (χ1n) is 13.3. The Bertz CT molecular complexity index is 1580. The van der Waals surface area contributed by atoms with Crippen LogP contribution in [0.25, 0.3) is 24.3 Å². The molecule has 4 aromatic rings. The molecular weight excluding hydrogens is 544 g/mol. The highest BCUT2D eigenvalue weighted by molar-refractivity contribution is 5.73. The summed E-state index contributed by atoms with van der Waals surface area (Å²) in [6, 6.07) is 26.4. The van der Waals surface area contributed by atoms with Crippen molar-refractivity contribution in [3.63, 3.8) is 0 Å². The third-order valence-corrected chi connectivity index (χ3v) is 6.45. The Morgan fingerprint density at radius 1 is 0.442 bits per heavy atom. The van der Waals surface area contributed by atoms with E-state index in [9.17, 15) is 20.4 Å². The number of phenols is 4. The number of aromatic hydroxyl groups is 4. The molecule has 0 saturated carbocycles. The molecule has 0 fully saturated rings. The van der Waals surface area contributed by atoms with Crippen LogP contribution in [0.2, 0.25) is 0 Å². The van der Waals surface area contributed by atoms with Crippen molar-refractivity contribution in [2.45, 2.75) is 12.3 Å². The second-order valence-electron chi connectivity index (χ2n) is 9.61. The molecule has 0 amide bonds. The van der Waals surface area contributed by atoms with Gasteiger partial charge in [0, 0.05) is 33.4 Å². The summed E-state index contributed by atoms with van der Waals surface area (Å²) in [7, 11) is 0. The molecule has 0 aliphatic carbocycles. The lowest BCUT2D eigenvalue weighted by molar-refractivity contribution is 0.323. The fourth-order valence-electron chi connectivity index (χ4n) is 4.18. The molecular formula is C34H34N4O5. The van der Waals surface area contributed by atoms with Gasteiger partial charge in [0.05, 0.1) is 12.3 Å². The molecule has 4 aromatic carbocycles. The molecule has 0 spiro atoms. The molecule has 0 aliphatic heterocycles. The van der Waals surface area contributed by atoms with Crippen molar-refractivity contribution in [2.75, 3.05) is 0 Å². The van der Waals surface area contributed by atoms with Gasteiger partial charge in [-0.1, -0.05) is 72.8 Å². The van der Waals surface area contributed by atoms with Gasteiger partial charge in [-0.15, -0.1) is 0 Å². The van der Waals surface area contributed by atoms with Crippen LogP contribution in [0, 0.1) is 0 Å². The molecule has 0 heterocycles. The summed E-state index contributed by atoms with van der Waals surface area (Å²) in [5.41, 5.74) is 27.1. The highest BCUT2D eigenvalue weighted by Crippen LogP contribution is 2.33. The first-order valence-corrected chi connectivity index (χ1v) is 13.3. The first kappa shape index (κ1) is 30.6. The molecule has 43 heavy (non-hydrogen) atoms. The van der Waals surface area contributed by atoms with Crippen molar-refractivity contribution in [3.8, 4) is 23.0 Å². The summed E-state index contributed by atoms with van der Waals surface area (Å²) in [6.07, 6.45) is 3.98. The Kier molecular flexibility index (Phi) is 10.00. The maximum Gasteiger partial charge on any atom is 0.134 e. The van der Waals surface area contributed by atoms with Gasteiger partial charge in [0.15, 0.2) is 0 Å². The largest absolute Gasteiger partial charge is 0.507 e. The van der Waals surface area contributed by atoms with E-state index in [0.29, 0.717) is 22.3 Å². The summed E-state index contributed by atoms with van der Waals surface area (Å²) >= 11 is 0. The Morgan fingerprint density at radius 2 is 0.698 bits per heavy atom. The predicted octanol–water partition coefficient (Wildman–Crippen LogP) is 4.56. The molecule has 0 radical (unpaired) electrons. The van der Waals surface area contributed by atoms with Gasteiger partial charge in [-0.25, -0.2) is 0 Å². The molecule has 9 heteroatoms. The predicted molar refractivity (Wildman–Crippen MR) is 170 cm³/mol. The van der Waals surface area contributed by atoms with Crippen LogP contribution >= 0.6 is 0 Å². The Hall–Kier alpha value is -5.32. The van der Waals surface area contributed by atoms with E-state index in [1.54, 1.807) is 84.9 Å².